The zero-order chi connectivity index (χ0) is 11.6. The molecule has 86 valence electrons. The molecule has 2 rings (SSSR count). The van der Waals surface area contributed by atoms with E-state index in [1.54, 1.807) is 18.5 Å². The Labute approximate surface area is 98.6 Å². The molecular formula is C11H13ClN2O2. The quantitative estimate of drug-likeness (QED) is 0.843. The van der Waals surface area contributed by atoms with E-state index < -0.39 is 11.5 Å². The van der Waals surface area contributed by atoms with Crippen molar-refractivity contribution in [3.8, 4) is 0 Å². The molecule has 0 aromatic carbocycles. The van der Waals surface area contributed by atoms with Gasteiger partial charge in [0.25, 0.3) is 0 Å². The van der Waals surface area contributed by atoms with Crippen molar-refractivity contribution in [1.29, 1.82) is 0 Å². The summed E-state index contributed by atoms with van der Waals surface area (Å²) in [7, 11) is 0. The van der Waals surface area contributed by atoms with Crippen molar-refractivity contribution in [2.75, 3.05) is 0 Å². The number of carboxylic acids is 1. The van der Waals surface area contributed by atoms with E-state index in [0.29, 0.717) is 24.4 Å². The Morgan fingerprint density at radius 3 is 2.88 bits per heavy atom. The number of rotatable bonds is 4. The number of aliphatic carboxylic acids is 1. The first kappa shape index (κ1) is 11.4. The molecule has 1 aliphatic rings. The van der Waals surface area contributed by atoms with Crippen LogP contribution in [-0.4, -0.2) is 21.6 Å². The van der Waals surface area contributed by atoms with Crippen LogP contribution in [0.5, 0.6) is 0 Å². The highest BCUT2D eigenvalue weighted by molar-refractivity contribution is 6.31. The van der Waals surface area contributed by atoms with Gasteiger partial charge < -0.3 is 5.11 Å². The van der Waals surface area contributed by atoms with Gasteiger partial charge in [-0.1, -0.05) is 11.6 Å². The number of carboxylic acid groups (broad SMARTS) is 1. The van der Waals surface area contributed by atoms with Crippen LogP contribution < -0.4 is 5.32 Å². The maximum atomic E-state index is 11.1. The molecule has 2 N–H and O–H groups in total. The number of pyridine rings is 1. The second-order valence-corrected chi connectivity index (χ2v) is 4.47. The van der Waals surface area contributed by atoms with Gasteiger partial charge in [-0.15, -0.1) is 0 Å². The monoisotopic (exact) mass is 240 g/mol. The third-order valence-corrected chi connectivity index (χ3v) is 3.43. The SMILES string of the molecule is O=C(O)C1(NCc2ccncc2Cl)CCC1. The van der Waals surface area contributed by atoms with Gasteiger partial charge in [0.15, 0.2) is 0 Å². The molecule has 0 atom stereocenters. The lowest BCUT2D eigenvalue weighted by molar-refractivity contribution is -0.148. The predicted molar refractivity (Wildman–Crippen MR) is 60.3 cm³/mol. The smallest absolute Gasteiger partial charge is 0.323 e. The third-order valence-electron chi connectivity index (χ3n) is 3.09. The second kappa shape index (κ2) is 4.39. The number of carbonyl (C=O) groups is 1. The fourth-order valence-electron chi connectivity index (χ4n) is 1.81. The molecule has 16 heavy (non-hydrogen) atoms. The molecule has 0 spiro atoms. The van der Waals surface area contributed by atoms with Gasteiger partial charge in [-0.3, -0.25) is 15.1 Å². The minimum Gasteiger partial charge on any atom is -0.480 e. The minimum absolute atomic E-state index is 0.466. The highest BCUT2D eigenvalue weighted by atomic mass is 35.5. The van der Waals surface area contributed by atoms with Crippen LogP contribution >= 0.6 is 11.6 Å². The van der Waals surface area contributed by atoms with E-state index >= 15 is 0 Å². The Balaban J connectivity index is 2.02. The van der Waals surface area contributed by atoms with Crippen molar-refractivity contribution in [3.05, 3.63) is 29.0 Å². The van der Waals surface area contributed by atoms with E-state index in [-0.39, 0.29) is 0 Å². The Bertz CT molecular complexity index is 405. The molecule has 5 heteroatoms. The van der Waals surface area contributed by atoms with E-state index in [1.165, 1.54) is 0 Å². The topological polar surface area (TPSA) is 62.2 Å². The maximum absolute atomic E-state index is 11.1. The molecule has 1 saturated carbocycles. The molecular weight excluding hydrogens is 228 g/mol. The van der Waals surface area contributed by atoms with Gasteiger partial charge in [-0.05, 0) is 30.9 Å². The average Bonchev–Trinajstić information content (AvgIpc) is 2.18. The Kier molecular flexibility index (Phi) is 3.12. The fraction of sp³-hybridized carbons (Fsp3) is 0.455. The Morgan fingerprint density at radius 1 is 1.62 bits per heavy atom. The number of nitrogens with zero attached hydrogens (tertiary/aromatic N) is 1. The van der Waals surface area contributed by atoms with Gasteiger partial charge in [-0.25, -0.2) is 0 Å². The van der Waals surface area contributed by atoms with Crippen molar-refractivity contribution < 1.29 is 9.90 Å². The average molecular weight is 241 g/mol. The van der Waals surface area contributed by atoms with Gasteiger partial charge >= 0.3 is 5.97 Å². The summed E-state index contributed by atoms with van der Waals surface area (Å²) in [5.41, 5.74) is 0.135. The summed E-state index contributed by atoms with van der Waals surface area (Å²) < 4.78 is 0. The van der Waals surface area contributed by atoms with Gasteiger partial charge in [0.2, 0.25) is 0 Å². The molecule has 0 amide bonds. The van der Waals surface area contributed by atoms with Crippen LogP contribution in [0.15, 0.2) is 18.5 Å². The van der Waals surface area contributed by atoms with E-state index in [4.69, 9.17) is 16.7 Å². The normalized spacial score (nSPS) is 17.8. The molecule has 0 unspecified atom stereocenters. The van der Waals surface area contributed by atoms with Gasteiger partial charge in [0.05, 0.1) is 5.02 Å². The fourth-order valence-corrected chi connectivity index (χ4v) is 1.99. The van der Waals surface area contributed by atoms with Crippen molar-refractivity contribution in [2.45, 2.75) is 31.3 Å². The number of nitrogens with one attached hydrogen (secondary N) is 1. The molecule has 0 saturated heterocycles. The van der Waals surface area contributed by atoms with Crippen LogP contribution in [0.25, 0.3) is 0 Å². The zero-order valence-electron chi connectivity index (χ0n) is 8.74. The van der Waals surface area contributed by atoms with Crippen LogP contribution in [0.3, 0.4) is 0 Å². The molecule has 1 aromatic rings. The van der Waals surface area contributed by atoms with E-state index in [2.05, 4.69) is 10.3 Å². The molecule has 4 nitrogen and oxygen atoms in total. The number of hydrogen-bond acceptors (Lipinski definition) is 3. The van der Waals surface area contributed by atoms with Crippen molar-refractivity contribution >= 4 is 17.6 Å². The molecule has 0 bridgehead atoms. The first-order valence-electron chi connectivity index (χ1n) is 5.21. The van der Waals surface area contributed by atoms with Crippen LogP contribution in [0.4, 0.5) is 0 Å². The van der Waals surface area contributed by atoms with Gasteiger partial charge in [-0.2, -0.15) is 0 Å². The maximum Gasteiger partial charge on any atom is 0.323 e. The lowest BCUT2D eigenvalue weighted by atomic mass is 9.76. The van der Waals surface area contributed by atoms with Gasteiger partial charge in [0.1, 0.15) is 5.54 Å². The van der Waals surface area contributed by atoms with Crippen LogP contribution in [0.1, 0.15) is 24.8 Å². The van der Waals surface area contributed by atoms with Crippen molar-refractivity contribution in [1.82, 2.24) is 10.3 Å². The highest BCUT2D eigenvalue weighted by Gasteiger charge is 2.43. The summed E-state index contributed by atoms with van der Waals surface area (Å²) in [5, 5.41) is 12.8. The number of hydrogen-bond donors (Lipinski definition) is 2. The lowest BCUT2D eigenvalue weighted by Crippen LogP contribution is -2.56. The highest BCUT2D eigenvalue weighted by Crippen LogP contribution is 2.32. The zero-order valence-corrected chi connectivity index (χ0v) is 9.50. The van der Waals surface area contributed by atoms with E-state index in [1.807, 2.05) is 0 Å². The predicted octanol–water partition coefficient (Wildman–Crippen LogP) is 1.83. The minimum atomic E-state index is -0.774. The molecule has 1 aromatic heterocycles. The lowest BCUT2D eigenvalue weighted by Gasteiger charge is -2.38. The molecule has 0 aliphatic heterocycles. The number of halogens is 1. The van der Waals surface area contributed by atoms with Crippen LogP contribution in [0, 0.1) is 0 Å². The Morgan fingerprint density at radius 2 is 2.38 bits per heavy atom. The first-order chi connectivity index (χ1) is 7.64. The van der Waals surface area contributed by atoms with Crippen LogP contribution in [0.2, 0.25) is 5.02 Å². The van der Waals surface area contributed by atoms with E-state index in [0.717, 1.165) is 12.0 Å². The second-order valence-electron chi connectivity index (χ2n) is 4.06. The van der Waals surface area contributed by atoms with Gasteiger partial charge in [0, 0.05) is 18.9 Å². The summed E-state index contributed by atoms with van der Waals surface area (Å²) in [6.45, 7) is 0.466. The Hall–Kier alpha value is -1.13. The van der Waals surface area contributed by atoms with Crippen molar-refractivity contribution in [2.24, 2.45) is 0 Å². The summed E-state index contributed by atoms with van der Waals surface area (Å²) in [4.78, 5) is 15.0. The molecule has 1 aliphatic carbocycles. The molecule has 0 radical (unpaired) electrons. The largest absolute Gasteiger partial charge is 0.480 e. The third kappa shape index (κ3) is 2.03. The summed E-state index contributed by atoms with van der Waals surface area (Å²) in [6.07, 6.45) is 5.54. The molecule has 1 fully saturated rings. The van der Waals surface area contributed by atoms with Crippen LogP contribution in [-0.2, 0) is 11.3 Å². The number of aromatic nitrogens is 1. The summed E-state index contributed by atoms with van der Waals surface area (Å²) in [5.74, 6) is -0.774. The summed E-state index contributed by atoms with van der Waals surface area (Å²) >= 11 is 5.94. The van der Waals surface area contributed by atoms with E-state index in [9.17, 15) is 4.79 Å². The standard InChI is InChI=1S/C11H13ClN2O2/c12-9-7-13-5-2-8(9)6-14-11(10(15)16)3-1-4-11/h2,5,7,14H,1,3-4,6H2,(H,15,16). The molecule has 1 heterocycles. The van der Waals surface area contributed by atoms with Crippen molar-refractivity contribution in [3.63, 3.8) is 0 Å². The summed E-state index contributed by atoms with van der Waals surface area (Å²) in [6, 6.07) is 1.80. The first-order valence-corrected chi connectivity index (χ1v) is 5.59.